The van der Waals surface area contributed by atoms with E-state index in [-0.39, 0.29) is 10.6 Å². The van der Waals surface area contributed by atoms with Crippen LogP contribution in [0.15, 0.2) is 29.2 Å². The molecule has 26 heavy (non-hydrogen) atoms. The maximum absolute atomic E-state index is 14.0. The Morgan fingerprint density at radius 3 is 2.19 bits per heavy atom. The van der Waals surface area contributed by atoms with Gasteiger partial charge in [-0.3, -0.25) is 9.52 Å². The van der Waals surface area contributed by atoms with Crippen LogP contribution < -0.4 is 14.8 Å². The van der Waals surface area contributed by atoms with Gasteiger partial charge < -0.3 is 10.1 Å². The number of rotatable bonds is 5. The lowest BCUT2D eigenvalue weighted by atomic mass is 10.1. The van der Waals surface area contributed by atoms with E-state index >= 15 is 0 Å². The van der Waals surface area contributed by atoms with Gasteiger partial charge in [0, 0.05) is 13.0 Å². The van der Waals surface area contributed by atoms with Crippen molar-refractivity contribution >= 4 is 27.3 Å². The maximum atomic E-state index is 14.0. The summed E-state index contributed by atoms with van der Waals surface area (Å²) < 4.78 is 60.2. The fourth-order valence-corrected chi connectivity index (χ4v) is 3.76. The van der Waals surface area contributed by atoms with Crippen LogP contribution in [0.2, 0.25) is 0 Å². The monoisotopic (exact) mass is 384 g/mol. The van der Waals surface area contributed by atoms with Gasteiger partial charge in [0.15, 0.2) is 0 Å². The van der Waals surface area contributed by atoms with Gasteiger partial charge in [0.25, 0.3) is 10.0 Å². The van der Waals surface area contributed by atoms with E-state index in [1.807, 2.05) is 0 Å². The normalized spacial score (nSPS) is 11.2. The van der Waals surface area contributed by atoms with Crippen molar-refractivity contribution in [2.45, 2.75) is 25.7 Å². The van der Waals surface area contributed by atoms with E-state index in [4.69, 9.17) is 4.74 Å². The number of carbonyl (C=O) groups excluding carboxylic acids is 1. The first-order chi connectivity index (χ1) is 12.0. The van der Waals surface area contributed by atoms with Crippen LogP contribution in [0.4, 0.5) is 20.2 Å². The molecule has 0 aliphatic carbocycles. The second kappa shape index (κ2) is 7.28. The van der Waals surface area contributed by atoms with E-state index in [0.717, 1.165) is 13.0 Å². The van der Waals surface area contributed by atoms with E-state index < -0.39 is 33.3 Å². The summed E-state index contributed by atoms with van der Waals surface area (Å²) in [6.45, 7) is 4.39. The zero-order chi connectivity index (χ0) is 19.6. The van der Waals surface area contributed by atoms with Crippen LogP contribution in [0.5, 0.6) is 5.75 Å². The topological polar surface area (TPSA) is 84.5 Å². The number of amides is 1. The number of halogens is 2. The molecule has 2 aromatic rings. The fourth-order valence-electron chi connectivity index (χ4n) is 2.39. The van der Waals surface area contributed by atoms with Crippen molar-refractivity contribution in [2.24, 2.45) is 0 Å². The number of hydrogen-bond donors (Lipinski definition) is 2. The predicted molar refractivity (Wildman–Crippen MR) is 93.9 cm³/mol. The van der Waals surface area contributed by atoms with Gasteiger partial charge in [0.2, 0.25) is 5.91 Å². The molecule has 0 atom stereocenters. The van der Waals surface area contributed by atoms with Crippen LogP contribution in [0.1, 0.15) is 18.1 Å². The molecule has 6 nitrogen and oxygen atoms in total. The molecular weight excluding hydrogens is 366 g/mol. The highest BCUT2D eigenvalue weighted by Crippen LogP contribution is 2.29. The summed E-state index contributed by atoms with van der Waals surface area (Å²) in [7, 11) is -2.69. The summed E-state index contributed by atoms with van der Waals surface area (Å²) in [4.78, 5) is 11.0. The summed E-state index contributed by atoms with van der Waals surface area (Å²) in [5, 5.41) is 2.17. The molecule has 2 rings (SSSR count). The van der Waals surface area contributed by atoms with Crippen LogP contribution in [0, 0.1) is 25.5 Å². The summed E-state index contributed by atoms with van der Waals surface area (Å²) in [5.41, 5.74) is 0.156. The second-order valence-electron chi connectivity index (χ2n) is 5.69. The number of aryl methyl sites for hydroxylation is 2. The Morgan fingerprint density at radius 1 is 1.00 bits per heavy atom. The maximum Gasteiger partial charge on any atom is 0.262 e. The predicted octanol–water partition coefficient (Wildman–Crippen LogP) is 3.35. The molecule has 0 aliphatic heterocycles. The van der Waals surface area contributed by atoms with Crippen molar-refractivity contribution in [2.75, 3.05) is 17.1 Å². The lowest BCUT2D eigenvalue weighted by molar-refractivity contribution is -0.114. The number of ether oxygens (including phenoxy) is 1. The number of sulfonamides is 1. The van der Waals surface area contributed by atoms with Crippen LogP contribution in [-0.2, 0) is 14.8 Å². The van der Waals surface area contributed by atoms with Crippen LogP contribution >= 0.6 is 0 Å². The molecule has 0 spiro atoms. The first-order valence-electron chi connectivity index (χ1n) is 7.50. The lowest BCUT2D eigenvalue weighted by Gasteiger charge is -2.15. The van der Waals surface area contributed by atoms with Crippen molar-refractivity contribution in [1.82, 2.24) is 0 Å². The van der Waals surface area contributed by atoms with Gasteiger partial charge in [-0.15, -0.1) is 0 Å². The third kappa shape index (κ3) is 4.10. The van der Waals surface area contributed by atoms with E-state index in [1.54, 1.807) is 19.9 Å². The first-order valence-corrected chi connectivity index (χ1v) is 8.98. The summed E-state index contributed by atoms with van der Waals surface area (Å²) in [6.07, 6.45) is 0. The molecule has 0 aromatic heterocycles. The quantitative estimate of drug-likeness (QED) is 0.828. The van der Waals surface area contributed by atoms with Gasteiger partial charge in [-0.1, -0.05) is 0 Å². The van der Waals surface area contributed by atoms with E-state index in [2.05, 4.69) is 10.0 Å². The molecule has 9 heteroatoms. The Kier molecular flexibility index (Phi) is 5.50. The smallest absolute Gasteiger partial charge is 0.262 e. The van der Waals surface area contributed by atoms with Gasteiger partial charge >= 0.3 is 0 Å². The number of benzene rings is 2. The minimum absolute atomic E-state index is 0.0689. The van der Waals surface area contributed by atoms with Crippen LogP contribution in [0.25, 0.3) is 0 Å². The second-order valence-corrected chi connectivity index (χ2v) is 7.34. The van der Waals surface area contributed by atoms with Crippen LogP contribution in [-0.4, -0.2) is 21.4 Å². The molecule has 140 valence electrons. The minimum Gasteiger partial charge on any atom is -0.496 e. The third-order valence-corrected chi connectivity index (χ3v) is 5.10. The number of hydrogen-bond acceptors (Lipinski definition) is 4. The Bertz CT molecular complexity index is 975. The summed E-state index contributed by atoms with van der Waals surface area (Å²) in [6, 6.07) is 4.32. The van der Waals surface area contributed by atoms with Gasteiger partial charge in [0.1, 0.15) is 17.4 Å². The fraction of sp³-hybridized carbons (Fsp3) is 0.235. The molecule has 0 saturated carbocycles. The SMILES string of the molecule is COc1cc(C)c(S(=O)(=O)Nc2cc(NC(C)=O)c(F)cc2F)cc1C. The average molecular weight is 384 g/mol. The van der Waals surface area contributed by atoms with Crippen molar-refractivity contribution < 1.29 is 26.7 Å². The highest BCUT2D eigenvalue weighted by atomic mass is 32.2. The molecule has 2 N–H and O–H groups in total. The number of carbonyl (C=O) groups is 1. The van der Waals surface area contributed by atoms with Gasteiger partial charge in [-0.2, -0.15) is 0 Å². The highest BCUT2D eigenvalue weighted by molar-refractivity contribution is 7.92. The molecule has 0 bridgehead atoms. The summed E-state index contributed by atoms with van der Waals surface area (Å²) in [5.74, 6) is -2.19. The molecular formula is C17H18F2N2O4S. The van der Waals surface area contributed by atoms with E-state index in [0.29, 0.717) is 22.9 Å². The van der Waals surface area contributed by atoms with Gasteiger partial charge in [-0.05, 0) is 43.2 Å². The average Bonchev–Trinajstić information content (AvgIpc) is 2.53. The van der Waals surface area contributed by atoms with Gasteiger partial charge in [-0.25, -0.2) is 17.2 Å². The van der Waals surface area contributed by atoms with Crippen LogP contribution in [0.3, 0.4) is 0 Å². The Morgan fingerprint density at radius 2 is 1.62 bits per heavy atom. The molecule has 0 unspecified atom stereocenters. The molecule has 0 saturated heterocycles. The molecule has 0 radical (unpaired) electrons. The molecule has 0 fully saturated rings. The number of methoxy groups -OCH3 is 1. The van der Waals surface area contributed by atoms with Crippen molar-refractivity contribution in [3.8, 4) is 5.75 Å². The first kappa shape index (κ1) is 19.6. The Hall–Kier alpha value is -2.68. The number of anilines is 2. The lowest BCUT2D eigenvalue weighted by Crippen LogP contribution is -2.16. The van der Waals surface area contributed by atoms with Crippen molar-refractivity contribution in [3.05, 3.63) is 47.0 Å². The van der Waals surface area contributed by atoms with Gasteiger partial charge in [0.05, 0.1) is 23.4 Å². The molecule has 0 aliphatic rings. The van der Waals surface area contributed by atoms with E-state index in [1.165, 1.54) is 13.2 Å². The van der Waals surface area contributed by atoms with Crippen molar-refractivity contribution in [3.63, 3.8) is 0 Å². The Balaban J connectivity index is 2.47. The van der Waals surface area contributed by atoms with Crippen molar-refractivity contribution in [1.29, 1.82) is 0 Å². The molecule has 1 amide bonds. The zero-order valence-corrected chi connectivity index (χ0v) is 15.4. The number of nitrogens with one attached hydrogen (secondary N) is 2. The summed E-state index contributed by atoms with van der Waals surface area (Å²) >= 11 is 0. The molecule has 2 aromatic carbocycles. The van der Waals surface area contributed by atoms with E-state index in [9.17, 15) is 22.0 Å². The highest BCUT2D eigenvalue weighted by Gasteiger charge is 2.22. The third-order valence-electron chi connectivity index (χ3n) is 3.59. The minimum atomic E-state index is -4.15. The largest absolute Gasteiger partial charge is 0.496 e. The molecule has 0 heterocycles. The Labute approximate surface area is 150 Å². The standard InChI is InChI=1S/C17H18F2N2O4S/c1-9-6-17(10(2)5-16(9)25-4)26(23,24)21-15-8-14(20-11(3)22)12(18)7-13(15)19/h5-8,21H,1-4H3,(H,20,22). The zero-order valence-electron chi connectivity index (χ0n) is 14.6.